The van der Waals surface area contributed by atoms with E-state index in [4.69, 9.17) is 9.47 Å². The first-order chi connectivity index (χ1) is 17.4. The molecular formula is C25H24FN5O5. The van der Waals surface area contributed by atoms with Crippen molar-refractivity contribution in [3.05, 3.63) is 71.9 Å². The normalized spacial score (nSPS) is 10.8. The molecule has 0 atom stereocenters. The largest absolute Gasteiger partial charge is 0.494 e. The summed E-state index contributed by atoms with van der Waals surface area (Å²) in [6.45, 7) is 1.80. The highest BCUT2D eigenvalue weighted by atomic mass is 19.1. The van der Waals surface area contributed by atoms with Gasteiger partial charge in [0.25, 0.3) is 5.91 Å². The maximum atomic E-state index is 13.9. The molecule has 0 aliphatic rings. The summed E-state index contributed by atoms with van der Waals surface area (Å²) in [5, 5.41) is 2.50. The fourth-order valence-electron chi connectivity index (χ4n) is 3.71. The van der Waals surface area contributed by atoms with Crippen LogP contribution in [0.15, 0.2) is 55.0 Å². The van der Waals surface area contributed by atoms with E-state index >= 15 is 0 Å². The highest BCUT2D eigenvalue weighted by Crippen LogP contribution is 2.28. The maximum absolute atomic E-state index is 13.9. The quantitative estimate of drug-likeness (QED) is 0.383. The van der Waals surface area contributed by atoms with E-state index in [0.717, 1.165) is 11.1 Å². The number of imidazole rings is 1. The molecule has 0 unspecified atom stereocenters. The number of hydrogen-bond acceptors (Lipinski definition) is 7. The molecule has 11 heteroatoms. The monoisotopic (exact) mass is 493 g/mol. The second-order valence-corrected chi connectivity index (χ2v) is 7.77. The van der Waals surface area contributed by atoms with Crippen LogP contribution in [-0.4, -0.2) is 54.4 Å². The van der Waals surface area contributed by atoms with Crippen LogP contribution in [0.5, 0.6) is 5.75 Å². The third-order valence-corrected chi connectivity index (χ3v) is 5.46. The molecule has 1 N–H and O–H groups in total. The molecule has 10 nitrogen and oxygen atoms in total. The molecule has 3 heterocycles. The molecule has 0 aliphatic heterocycles. The number of pyridine rings is 2. The number of nitrogens with zero attached hydrogens (tertiary/aromatic N) is 4. The molecule has 3 aromatic heterocycles. The summed E-state index contributed by atoms with van der Waals surface area (Å²) in [7, 11) is 4.09. The first-order valence-corrected chi connectivity index (χ1v) is 10.8. The second kappa shape index (κ2) is 10.4. The number of rotatable bonds is 7. The van der Waals surface area contributed by atoms with Gasteiger partial charge in [-0.05, 0) is 42.8 Å². The Kier molecular flexibility index (Phi) is 7.11. The SMILES string of the molecule is COCN(C(=O)c1cc(C)c2ncc(-c3ccc(NC(=O)OC)nc3)n2c1)c1ccc(F)c(OC)c1. The molecule has 4 aromatic rings. The number of aryl methyl sites for hydroxylation is 1. The van der Waals surface area contributed by atoms with Gasteiger partial charge in [0.05, 0.1) is 37.4 Å². The van der Waals surface area contributed by atoms with Gasteiger partial charge in [-0.2, -0.15) is 0 Å². The number of carbonyl (C=O) groups excluding carboxylic acids is 2. The molecule has 0 bridgehead atoms. The van der Waals surface area contributed by atoms with Gasteiger partial charge in [-0.1, -0.05) is 0 Å². The van der Waals surface area contributed by atoms with Crippen molar-refractivity contribution in [1.29, 1.82) is 0 Å². The van der Waals surface area contributed by atoms with Crippen LogP contribution in [0, 0.1) is 12.7 Å². The van der Waals surface area contributed by atoms with E-state index in [-0.39, 0.29) is 18.4 Å². The predicted octanol–water partition coefficient (Wildman–Crippen LogP) is 4.28. The minimum atomic E-state index is -0.622. The van der Waals surface area contributed by atoms with Crippen molar-refractivity contribution in [1.82, 2.24) is 14.4 Å². The molecule has 0 saturated heterocycles. The van der Waals surface area contributed by atoms with Gasteiger partial charge in [0.1, 0.15) is 18.2 Å². The molecule has 0 aliphatic carbocycles. The number of amides is 2. The third-order valence-electron chi connectivity index (χ3n) is 5.46. The lowest BCUT2D eigenvalue weighted by atomic mass is 10.1. The number of anilines is 2. The standard InChI is InChI=1S/C25H24FN5O5/c1-15-9-17(24(32)31(14-34-2)18-6-7-19(26)21(10-18)35-3)13-30-20(12-28-23(15)30)16-5-8-22(27-11-16)29-25(33)36-4/h5-13H,14H2,1-4H3,(H,27,29,33). The van der Waals surface area contributed by atoms with E-state index in [1.807, 2.05) is 6.92 Å². The highest BCUT2D eigenvalue weighted by Gasteiger charge is 2.21. The van der Waals surface area contributed by atoms with Gasteiger partial charge in [0.15, 0.2) is 11.6 Å². The third kappa shape index (κ3) is 4.82. The summed E-state index contributed by atoms with van der Waals surface area (Å²) in [4.78, 5) is 35.1. The van der Waals surface area contributed by atoms with Crippen LogP contribution in [-0.2, 0) is 9.47 Å². The van der Waals surface area contributed by atoms with Crippen molar-refractivity contribution in [3.63, 3.8) is 0 Å². The van der Waals surface area contributed by atoms with Gasteiger partial charge < -0.3 is 14.2 Å². The minimum absolute atomic E-state index is 0.0163. The van der Waals surface area contributed by atoms with Crippen molar-refractivity contribution >= 4 is 29.2 Å². The van der Waals surface area contributed by atoms with Crippen molar-refractivity contribution in [2.75, 3.05) is 38.3 Å². The first kappa shape index (κ1) is 24.6. The smallest absolute Gasteiger partial charge is 0.412 e. The number of nitrogens with one attached hydrogen (secondary N) is 1. The molecule has 36 heavy (non-hydrogen) atoms. The molecule has 0 radical (unpaired) electrons. The Balaban J connectivity index is 1.72. The molecule has 0 spiro atoms. The zero-order valence-electron chi connectivity index (χ0n) is 20.1. The summed E-state index contributed by atoms with van der Waals surface area (Å²) in [6.07, 6.45) is 4.32. The Morgan fingerprint density at radius 2 is 1.89 bits per heavy atom. The number of ether oxygens (including phenoxy) is 3. The highest BCUT2D eigenvalue weighted by molar-refractivity contribution is 6.06. The summed E-state index contributed by atoms with van der Waals surface area (Å²) in [5.41, 5.74) is 3.65. The molecule has 0 saturated carbocycles. The lowest BCUT2D eigenvalue weighted by Crippen LogP contribution is -2.33. The average molecular weight is 493 g/mol. The van der Waals surface area contributed by atoms with Gasteiger partial charge in [0.2, 0.25) is 0 Å². The fourth-order valence-corrected chi connectivity index (χ4v) is 3.71. The Labute approximate surface area is 206 Å². The zero-order chi connectivity index (χ0) is 25.8. The van der Waals surface area contributed by atoms with Gasteiger partial charge in [-0.25, -0.2) is 19.2 Å². The Morgan fingerprint density at radius 3 is 2.56 bits per heavy atom. The lowest BCUT2D eigenvalue weighted by Gasteiger charge is -2.23. The molecule has 0 fully saturated rings. The van der Waals surface area contributed by atoms with Crippen molar-refractivity contribution in [2.45, 2.75) is 6.92 Å². The fraction of sp³-hybridized carbons (Fsp3) is 0.200. The van der Waals surface area contributed by atoms with Crippen LogP contribution in [0.1, 0.15) is 15.9 Å². The van der Waals surface area contributed by atoms with Crippen LogP contribution in [0.25, 0.3) is 16.9 Å². The summed E-state index contributed by atoms with van der Waals surface area (Å²) >= 11 is 0. The molecule has 4 rings (SSSR count). The topological polar surface area (TPSA) is 107 Å². The van der Waals surface area contributed by atoms with Gasteiger partial charge in [0, 0.05) is 31.1 Å². The second-order valence-electron chi connectivity index (χ2n) is 7.77. The Hall–Kier alpha value is -4.51. The number of halogens is 1. The number of benzene rings is 1. The Bertz CT molecular complexity index is 1420. The van der Waals surface area contributed by atoms with Gasteiger partial charge >= 0.3 is 6.09 Å². The van der Waals surface area contributed by atoms with Crippen LogP contribution in [0.2, 0.25) is 0 Å². The number of hydrogen-bond donors (Lipinski definition) is 1. The van der Waals surface area contributed by atoms with Crippen LogP contribution < -0.4 is 15.0 Å². The summed E-state index contributed by atoms with van der Waals surface area (Å²) < 4.78 is 30.6. The van der Waals surface area contributed by atoms with E-state index in [1.54, 1.807) is 41.2 Å². The van der Waals surface area contributed by atoms with E-state index < -0.39 is 11.9 Å². The summed E-state index contributed by atoms with van der Waals surface area (Å²) in [5.74, 6) is -0.544. The van der Waals surface area contributed by atoms with Crippen molar-refractivity contribution in [2.24, 2.45) is 0 Å². The molecule has 1 aromatic carbocycles. The van der Waals surface area contributed by atoms with E-state index in [0.29, 0.717) is 28.4 Å². The number of aromatic nitrogens is 3. The van der Waals surface area contributed by atoms with Crippen LogP contribution in [0.3, 0.4) is 0 Å². The molecule has 2 amide bonds. The van der Waals surface area contributed by atoms with Gasteiger partial charge in [-0.3, -0.25) is 19.4 Å². The Morgan fingerprint density at radius 1 is 1.08 bits per heavy atom. The molecular weight excluding hydrogens is 469 g/mol. The molecule has 186 valence electrons. The lowest BCUT2D eigenvalue weighted by molar-refractivity contribution is 0.0936. The van der Waals surface area contributed by atoms with E-state index in [9.17, 15) is 14.0 Å². The minimum Gasteiger partial charge on any atom is -0.494 e. The maximum Gasteiger partial charge on any atom is 0.412 e. The van der Waals surface area contributed by atoms with Crippen LogP contribution in [0.4, 0.5) is 20.7 Å². The average Bonchev–Trinajstić information content (AvgIpc) is 3.32. The van der Waals surface area contributed by atoms with Crippen molar-refractivity contribution < 1.29 is 28.2 Å². The zero-order valence-corrected chi connectivity index (χ0v) is 20.1. The number of fused-ring (bicyclic) bond motifs is 1. The number of carbonyl (C=O) groups is 2. The summed E-state index contributed by atoms with van der Waals surface area (Å²) in [6, 6.07) is 9.30. The van der Waals surface area contributed by atoms with Crippen LogP contribution >= 0.6 is 0 Å². The predicted molar refractivity (Wildman–Crippen MR) is 131 cm³/mol. The van der Waals surface area contributed by atoms with Gasteiger partial charge in [-0.15, -0.1) is 0 Å². The number of methoxy groups -OCH3 is 3. The first-order valence-electron chi connectivity index (χ1n) is 10.8. The van der Waals surface area contributed by atoms with E-state index in [1.165, 1.54) is 44.4 Å². The van der Waals surface area contributed by atoms with E-state index in [2.05, 4.69) is 20.0 Å². The van der Waals surface area contributed by atoms with Crippen molar-refractivity contribution in [3.8, 4) is 17.0 Å².